The molecule has 1 fully saturated rings. The molecule has 30 heavy (non-hydrogen) atoms. The zero-order valence-electron chi connectivity index (χ0n) is 15.6. The monoisotopic (exact) mass is 475 g/mol. The maximum absolute atomic E-state index is 12.9. The minimum Gasteiger partial charge on any atom is -0.500 e. The highest BCUT2D eigenvalue weighted by atomic mass is 79.9. The van der Waals surface area contributed by atoms with Crippen molar-refractivity contribution >= 4 is 51.2 Å². The molecule has 0 saturated carbocycles. The van der Waals surface area contributed by atoms with Crippen LogP contribution in [0.1, 0.15) is 11.1 Å². The van der Waals surface area contributed by atoms with Crippen molar-refractivity contribution in [3.8, 4) is 11.5 Å². The molecule has 0 atom stereocenters. The fraction of sp³-hybridized carbons (Fsp3) is 0.105. The molecular formula is C19H14BrN3O7. The first kappa shape index (κ1) is 21.0. The molecule has 1 aliphatic rings. The molecule has 4 amide bonds. The fourth-order valence-electron chi connectivity index (χ4n) is 2.82. The number of barbiturate groups is 1. The van der Waals surface area contributed by atoms with Crippen molar-refractivity contribution in [1.82, 2.24) is 5.32 Å². The third-order valence-electron chi connectivity index (χ3n) is 4.31. The fourth-order valence-corrected chi connectivity index (χ4v) is 3.07. The van der Waals surface area contributed by atoms with Crippen LogP contribution in [0.3, 0.4) is 0 Å². The van der Waals surface area contributed by atoms with Gasteiger partial charge in [-0.1, -0.05) is 15.9 Å². The van der Waals surface area contributed by atoms with Crippen LogP contribution in [0.2, 0.25) is 0 Å². The summed E-state index contributed by atoms with van der Waals surface area (Å²) in [5.74, 6) is -2.76. The highest BCUT2D eigenvalue weighted by Crippen LogP contribution is 2.37. The number of hydrogen-bond donors (Lipinski definition) is 2. The van der Waals surface area contributed by atoms with Gasteiger partial charge in [0.2, 0.25) is 5.75 Å². The molecule has 1 heterocycles. The Morgan fingerprint density at radius 1 is 1.23 bits per heavy atom. The Hall–Kier alpha value is -3.73. The number of phenols is 1. The SMILES string of the molecule is COc1cc(/C=C2/C(=O)NC(=O)N(c3ccc(Br)c(C)c3)C2=O)cc([N+](=O)[O-])c1O. The number of nitrogens with one attached hydrogen (secondary N) is 1. The van der Waals surface area contributed by atoms with E-state index in [1.165, 1.54) is 19.2 Å². The normalized spacial score (nSPS) is 15.4. The maximum atomic E-state index is 12.9. The standard InChI is InChI=1S/C19H14BrN3O7/c1-9-5-11(3-4-13(9)20)22-18(26)12(17(25)21-19(22)27)6-10-7-14(23(28)29)16(24)15(8-10)30-2/h3-8,24H,1-2H3,(H,21,25,27)/b12-6-. The molecule has 0 aliphatic carbocycles. The molecule has 154 valence electrons. The number of carbonyl (C=O) groups is 3. The van der Waals surface area contributed by atoms with Crippen LogP contribution in [-0.2, 0) is 9.59 Å². The van der Waals surface area contributed by atoms with Crippen molar-refractivity contribution in [2.45, 2.75) is 6.92 Å². The molecule has 2 aromatic rings. The van der Waals surface area contributed by atoms with E-state index in [0.29, 0.717) is 0 Å². The van der Waals surface area contributed by atoms with Crippen LogP contribution in [0.15, 0.2) is 40.4 Å². The maximum Gasteiger partial charge on any atom is 0.335 e. The van der Waals surface area contributed by atoms with Crippen molar-refractivity contribution in [2.75, 3.05) is 12.0 Å². The number of nitro benzene ring substituents is 1. The number of benzene rings is 2. The van der Waals surface area contributed by atoms with Gasteiger partial charge in [-0.3, -0.25) is 25.0 Å². The van der Waals surface area contributed by atoms with E-state index in [0.717, 1.165) is 27.1 Å². The zero-order chi connectivity index (χ0) is 22.2. The summed E-state index contributed by atoms with van der Waals surface area (Å²) in [7, 11) is 1.20. The lowest BCUT2D eigenvalue weighted by Crippen LogP contribution is -2.54. The van der Waals surface area contributed by atoms with Gasteiger partial charge < -0.3 is 9.84 Å². The summed E-state index contributed by atoms with van der Waals surface area (Å²) in [5, 5.41) is 23.1. The lowest BCUT2D eigenvalue weighted by Gasteiger charge is -2.26. The van der Waals surface area contributed by atoms with Crippen molar-refractivity contribution in [3.63, 3.8) is 0 Å². The van der Waals surface area contributed by atoms with Crippen molar-refractivity contribution in [2.24, 2.45) is 0 Å². The average Bonchev–Trinajstić information content (AvgIpc) is 2.68. The smallest absolute Gasteiger partial charge is 0.335 e. The summed E-state index contributed by atoms with van der Waals surface area (Å²) >= 11 is 3.33. The van der Waals surface area contributed by atoms with Gasteiger partial charge in [-0.25, -0.2) is 9.69 Å². The topological polar surface area (TPSA) is 139 Å². The van der Waals surface area contributed by atoms with E-state index in [1.807, 2.05) is 0 Å². The van der Waals surface area contributed by atoms with Gasteiger partial charge in [-0.05, 0) is 48.4 Å². The minimum absolute atomic E-state index is 0.0520. The van der Waals surface area contributed by atoms with E-state index < -0.39 is 39.8 Å². The number of aryl methyl sites for hydroxylation is 1. The summed E-state index contributed by atoms with van der Waals surface area (Å²) in [5.41, 5.74) is -0.0324. The van der Waals surface area contributed by atoms with E-state index in [2.05, 4.69) is 21.2 Å². The Morgan fingerprint density at radius 3 is 2.53 bits per heavy atom. The molecule has 2 N–H and O–H groups in total. The number of amides is 4. The largest absolute Gasteiger partial charge is 0.500 e. The first-order valence-electron chi connectivity index (χ1n) is 8.37. The lowest BCUT2D eigenvalue weighted by atomic mass is 10.1. The van der Waals surface area contributed by atoms with Crippen LogP contribution in [-0.4, -0.2) is 35.0 Å². The second-order valence-corrected chi connectivity index (χ2v) is 7.09. The molecule has 11 heteroatoms. The number of aromatic hydroxyl groups is 1. The molecule has 3 rings (SSSR count). The number of imide groups is 2. The Bertz CT molecular complexity index is 1140. The summed E-state index contributed by atoms with van der Waals surface area (Å²) in [4.78, 5) is 48.6. The molecule has 10 nitrogen and oxygen atoms in total. The molecule has 0 spiro atoms. The number of ether oxygens (including phenoxy) is 1. The van der Waals surface area contributed by atoms with Gasteiger partial charge >= 0.3 is 11.7 Å². The number of urea groups is 1. The second-order valence-electron chi connectivity index (χ2n) is 6.24. The highest BCUT2D eigenvalue weighted by Gasteiger charge is 2.37. The molecule has 0 unspecified atom stereocenters. The number of phenolic OH excluding ortho intramolecular Hbond substituents is 1. The van der Waals surface area contributed by atoms with E-state index in [9.17, 15) is 29.6 Å². The van der Waals surface area contributed by atoms with E-state index in [4.69, 9.17) is 4.74 Å². The van der Waals surface area contributed by atoms with Gasteiger partial charge in [0, 0.05) is 10.5 Å². The highest BCUT2D eigenvalue weighted by molar-refractivity contribution is 9.10. The minimum atomic E-state index is -0.954. The first-order chi connectivity index (χ1) is 14.1. The molecule has 1 aliphatic heterocycles. The van der Waals surface area contributed by atoms with Crippen molar-refractivity contribution in [3.05, 3.63) is 61.6 Å². The van der Waals surface area contributed by atoms with Crippen molar-refractivity contribution < 1.29 is 29.2 Å². The summed E-state index contributed by atoms with van der Waals surface area (Å²) in [6, 6.07) is 6.05. The number of carbonyl (C=O) groups excluding carboxylic acids is 3. The number of nitrogens with zero attached hydrogens (tertiary/aromatic N) is 2. The molecule has 0 bridgehead atoms. The van der Waals surface area contributed by atoms with Crippen LogP contribution in [0.4, 0.5) is 16.2 Å². The summed E-state index contributed by atoms with van der Waals surface area (Å²) in [6.07, 6.45) is 1.08. The van der Waals surface area contributed by atoms with E-state index in [1.54, 1.807) is 19.1 Å². The Morgan fingerprint density at radius 2 is 1.93 bits per heavy atom. The third kappa shape index (κ3) is 3.74. The van der Waals surface area contributed by atoms with E-state index >= 15 is 0 Å². The Labute approximate surface area is 178 Å². The zero-order valence-corrected chi connectivity index (χ0v) is 17.2. The number of hydrogen-bond acceptors (Lipinski definition) is 7. The van der Waals surface area contributed by atoms with Gasteiger partial charge in [0.15, 0.2) is 5.75 Å². The van der Waals surface area contributed by atoms with Crippen LogP contribution in [0.25, 0.3) is 6.08 Å². The lowest BCUT2D eigenvalue weighted by molar-refractivity contribution is -0.386. The van der Waals surface area contributed by atoms with Gasteiger partial charge in [0.25, 0.3) is 11.8 Å². The predicted octanol–water partition coefficient (Wildman–Crippen LogP) is 3.05. The molecule has 0 radical (unpaired) electrons. The van der Waals surface area contributed by atoms with Crippen molar-refractivity contribution in [1.29, 1.82) is 0 Å². The molecule has 0 aromatic heterocycles. The number of methoxy groups -OCH3 is 1. The van der Waals surface area contributed by atoms with E-state index in [-0.39, 0.29) is 17.0 Å². The molecular weight excluding hydrogens is 462 g/mol. The van der Waals surface area contributed by atoms with Crippen LogP contribution in [0.5, 0.6) is 11.5 Å². The second kappa shape index (κ2) is 7.95. The Kier molecular flexibility index (Phi) is 5.56. The van der Waals surface area contributed by atoms with Crippen LogP contribution in [0, 0.1) is 17.0 Å². The predicted molar refractivity (Wildman–Crippen MR) is 109 cm³/mol. The summed E-state index contributed by atoms with van der Waals surface area (Å²) < 4.78 is 5.68. The first-order valence-corrected chi connectivity index (χ1v) is 9.16. The van der Waals surface area contributed by atoms with Crippen LogP contribution >= 0.6 is 15.9 Å². The average molecular weight is 476 g/mol. The molecule has 2 aromatic carbocycles. The Balaban J connectivity index is 2.10. The molecule has 1 saturated heterocycles. The third-order valence-corrected chi connectivity index (χ3v) is 5.20. The number of halogens is 1. The quantitative estimate of drug-likeness (QED) is 0.299. The van der Waals surface area contributed by atoms with Crippen LogP contribution < -0.4 is 15.0 Å². The summed E-state index contributed by atoms with van der Waals surface area (Å²) in [6.45, 7) is 1.77. The van der Waals surface area contributed by atoms with Gasteiger partial charge in [-0.2, -0.15) is 0 Å². The van der Waals surface area contributed by atoms with Gasteiger partial charge in [-0.15, -0.1) is 0 Å². The number of rotatable bonds is 4. The number of nitro groups is 1. The number of anilines is 1. The van der Waals surface area contributed by atoms with Gasteiger partial charge in [0.05, 0.1) is 17.7 Å². The van der Waals surface area contributed by atoms with Gasteiger partial charge in [0.1, 0.15) is 5.57 Å².